The standard InChI is InChI=1S/C15H14N2O4/c18-14(13-7-4-8-20-13)16-9-12-10-17(15(19)21-12)11-5-2-1-3-6-11/h1-8,12H,9-10H2,(H,16,18)/t12-/m0/s1. The van der Waals surface area contributed by atoms with Gasteiger partial charge in [-0.25, -0.2) is 4.79 Å². The quantitative estimate of drug-likeness (QED) is 0.933. The van der Waals surface area contributed by atoms with Crippen LogP contribution in [0.25, 0.3) is 0 Å². The first-order valence-corrected chi connectivity index (χ1v) is 6.59. The van der Waals surface area contributed by atoms with E-state index in [0.717, 1.165) is 5.69 Å². The molecule has 3 rings (SSSR count). The molecular formula is C15H14N2O4. The molecule has 2 aromatic rings. The summed E-state index contributed by atoms with van der Waals surface area (Å²) in [6.45, 7) is 0.649. The summed E-state index contributed by atoms with van der Waals surface area (Å²) in [7, 11) is 0. The molecule has 2 heterocycles. The molecule has 1 aromatic carbocycles. The van der Waals surface area contributed by atoms with Crippen molar-refractivity contribution >= 4 is 17.7 Å². The monoisotopic (exact) mass is 286 g/mol. The number of cyclic esters (lactones) is 1. The Hall–Kier alpha value is -2.76. The lowest BCUT2D eigenvalue weighted by Gasteiger charge is -2.12. The van der Waals surface area contributed by atoms with Gasteiger partial charge in [-0.1, -0.05) is 18.2 Å². The zero-order valence-corrected chi connectivity index (χ0v) is 11.2. The smallest absolute Gasteiger partial charge is 0.414 e. The molecule has 0 radical (unpaired) electrons. The van der Waals surface area contributed by atoms with E-state index < -0.39 is 6.09 Å². The van der Waals surface area contributed by atoms with Crippen molar-refractivity contribution in [2.75, 3.05) is 18.0 Å². The molecule has 21 heavy (non-hydrogen) atoms. The highest BCUT2D eigenvalue weighted by atomic mass is 16.6. The van der Waals surface area contributed by atoms with Gasteiger partial charge in [-0.3, -0.25) is 9.69 Å². The Morgan fingerprint density at radius 1 is 1.24 bits per heavy atom. The maximum atomic E-state index is 11.8. The Morgan fingerprint density at radius 3 is 2.76 bits per heavy atom. The van der Waals surface area contributed by atoms with Gasteiger partial charge in [0.1, 0.15) is 6.10 Å². The van der Waals surface area contributed by atoms with Gasteiger partial charge >= 0.3 is 6.09 Å². The Balaban J connectivity index is 1.57. The molecule has 2 amide bonds. The number of ether oxygens (including phenoxy) is 1. The van der Waals surface area contributed by atoms with Gasteiger partial charge in [0.05, 0.1) is 19.4 Å². The van der Waals surface area contributed by atoms with Gasteiger partial charge < -0.3 is 14.5 Å². The molecule has 6 heteroatoms. The molecule has 1 atom stereocenters. The lowest BCUT2D eigenvalue weighted by Crippen LogP contribution is -2.34. The number of nitrogens with zero attached hydrogens (tertiary/aromatic N) is 1. The first-order valence-electron chi connectivity index (χ1n) is 6.59. The Labute approximate surface area is 121 Å². The van der Waals surface area contributed by atoms with Crippen molar-refractivity contribution in [2.24, 2.45) is 0 Å². The van der Waals surface area contributed by atoms with Crippen molar-refractivity contribution in [2.45, 2.75) is 6.10 Å². The van der Waals surface area contributed by atoms with Gasteiger partial charge in [-0.05, 0) is 24.3 Å². The van der Waals surface area contributed by atoms with Crippen LogP contribution in [0.2, 0.25) is 0 Å². The zero-order chi connectivity index (χ0) is 14.7. The van der Waals surface area contributed by atoms with Crippen molar-refractivity contribution in [1.29, 1.82) is 0 Å². The predicted octanol–water partition coefficient (Wildman–Crippen LogP) is 2.03. The summed E-state index contributed by atoms with van der Waals surface area (Å²) in [5.74, 6) is -0.0894. The highest BCUT2D eigenvalue weighted by Crippen LogP contribution is 2.20. The number of para-hydroxylation sites is 1. The van der Waals surface area contributed by atoms with E-state index in [4.69, 9.17) is 9.15 Å². The molecule has 6 nitrogen and oxygen atoms in total. The summed E-state index contributed by atoms with van der Waals surface area (Å²) >= 11 is 0. The fourth-order valence-corrected chi connectivity index (χ4v) is 2.15. The van der Waals surface area contributed by atoms with E-state index in [1.165, 1.54) is 6.26 Å². The average Bonchev–Trinajstić information content (AvgIpc) is 3.15. The van der Waals surface area contributed by atoms with Gasteiger partial charge in [0.25, 0.3) is 5.91 Å². The van der Waals surface area contributed by atoms with Crippen LogP contribution in [0.15, 0.2) is 53.1 Å². The Kier molecular flexibility index (Phi) is 3.59. The lowest BCUT2D eigenvalue weighted by molar-refractivity contribution is 0.0889. The van der Waals surface area contributed by atoms with Gasteiger partial charge in [-0.15, -0.1) is 0 Å². The molecular weight excluding hydrogens is 272 g/mol. The fraction of sp³-hybridized carbons (Fsp3) is 0.200. The summed E-state index contributed by atoms with van der Waals surface area (Å²) < 4.78 is 10.2. The number of anilines is 1. The van der Waals surface area contributed by atoms with Gasteiger partial charge in [0, 0.05) is 5.69 Å². The number of nitrogens with one attached hydrogen (secondary N) is 1. The predicted molar refractivity (Wildman–Crippen MR) is 75.1 cm³/mol. The molecule has 0 aliphatic carbocycles. The van der Waals surface area contributed by atoms with Crippen LogP contribution in [-0.2, 0) is 4.74 Å². The third kappa shape index (κ3) is 2.89. The molecule has 0 unspecified atom stereocenters. The zero-order valence-electron chi connectivity index (χ0n) is 11.2. The molecule has 0 saturated carbocycles. The number of furan rings is 1. The molecule has 1 fully saturated rings. The molecule has 0 bridgehead atoms. The normalized spacial score (nSPS) is 17.6. The minimum Gasteiger partial charge on any atom is -0.459 e. The third-order valence-corrected chi connectivity index (χ3v) is 3.18. The van der Waals surface area contributed by atoms with Crippen LogP contribution in [0.3, 0.4) is 0 Å². The van der Waals surface area contributed by atoms with E-state index in [1.54, 1.807) is 17.0 Å². The molecule has 0 spiro atoms. The Bertz CT molecular complexity index is 624. The lowest BCUT2D eigenvalue weighted by atomic mass is 10.2. The van der Waals surface area contributed by atoms with Crippen LogP contribution in [0.4, 0.5) is 10.5 Å². The summed E-state index contributed by atoms with van der Waals surface area (Å²) in [5.41, 5.74) is 0.780. The number of hydrogen-bond donors (Lipinski definition) is 1. The van der Waals surface area contributed by atoms with E-state index in [9.17, 15) is 9.59 Å². The first-order chi connectivity index (χ1) is 10.2. The molecule has 1 saturated heterocycles. The van der Waals surface area contributed by atoms with Crippen LogP contribution in [0.1, 0.15) is 10.6 Å². The maximum absolute atomic E-state index is 11.8. The highest BCUT2D eigenvalue weighted by Gasteiger charge is 2.32. The second-order valence-electron chi connectivity index (χ2n) is 4.64. The van der Waals surface area contributed by atoms with Gasteiger partial charge in [0.2, 0.25) is 0 Å². The number of hydrogen-bond acceptors (Lipinski definition) is 4. The Morgan fingerprint density at radius 2 is 2.05 bits per heavy atom. The fourth-order valence-electron chi connectivity index (χ4n) is 2.15. The van der Waals surface area contributed by atoms with Crippen LogP contribution in [-0.4, -0.2) is 31.2 Å². The molecule has 1 aliphatic rings. The minimum absolute atomic E-state index is 0.235. The van der Waals surface area contributed by atoms with E-state index in [0.29, 0.717) is 6.54 Å². The summed E-state index contributed by atoms with van der Waals surface area (Å²) in [6.07, 6.45) is 0.650. The molecule has 1 aliphatic heterocycles. The van der Waals surface area contributed by atoms with Crippen LogP contribution < -0.4 is 10.2 Å². The summed E-state index contributed by atoms with van der Waals surface area (Å²) in [4.78, 5) is 25.1. The average molecular weight is 286 g/mol. The van der Waals surface area contributed by atoms with Crippen molar-refractivity contribution in [3.05, 3.63) is 54.5 Å². The SMILES string of the molecule is O=C(NC[C@H]1CN(c2ccccc2)C(=O)O1)c1ccco1. The number of carbonyl (C=O) groups excluding carboxylic acids is 2. The van der Waals surface area contributed by atoms with Gasteiger partial charge in [0.15, 0.2) is 5.76 Å². The molecule has 1 aromatic heterocycles. The van der Waals surface area contributed by atoms with E-state index in [-0.39, 0.29) is 24.3 Å². The third-order valence-electron chi connectivity index (χ3n) is 3.18. The summed E-state index contributed by atoms with van der Waals surface area (Å²) in [6, 6.07) is 12.5. The van der Waals surface area contributed by atoms with Crippen LogP contribution in [0.5, 0.6) is 0 Å². The van der Waals surface area contributed by atoms with Crippen molar-refractivity contribution < 1.29 is 18.7 Å². The minimum atomic E-state index is -0.404. The molecule has 1 N–H and O–H groups in total. The van der Waals surface area contributed by atoms with Crippen molar-refractivity contribution in [3.8, 4) is 0 Å². The van der Waals surface area contributed by atoms with Gasteiger partial charge in [-0.2, -0.15) is 0 Å². The number of rotatable bonds is 4. The second kappa shape index (κ2) is 5.70. The highest BCUT2D eigenvalue weighted by molar-refractivity contribution is 5.92. The molecule has 108 valence electrons. The number of benzene rings is 1. The van der Waals surface area contributed by atoms with E-state index in [1.807, 2.05) is 30.3 Å². The van der Waals surface area contributed by atoms with Crippen LogP contribution in [0, 0.1) is 0 Å². The largest absolute Gasteiger partial charge is 0.459 e. The van der Waals surface area contributed by atoms with E-state index >= 15 is 0 Å². The van der Waals surface area contributed by atoms with Crippen LogP contribution >= 0.6 is 0 Å². The van der Waals surface area contributed by atoms with E-state index in [2.05, 4.69) is 5.32 Å². The summed E-state index contributed by atoms with van der Waals surface area (Å²) in [5, 5.41) is 2.68. The van der Waals surface area contributed by atoms with Crippen molar-refractivity contribution in [1.82, 2.24) is 5.32 Å². The number of carbonyl (C=O) groups is 2. The first kappa shape index (κ1) is 13.2. The number of amides is 2. The topological polar surface area (TPSA) is 71.8 Å². The maximum Gasteiger partial charge on any atom is 0.414 e. The van der Waals surface area contributed by atoms with Crippen molar-refractivity contribution in [3.63, 3.8) is 0 Å². The second-order valence-corrected chi connectivity index (χ2v) is 4.64.